The summed E-state index contributed by atoms with van der Waals surface area (Å²) in [5, 5.41) is 24.6. The summed E-state index contributed by atoms with van der Waals surface area (Å²) in [7, 11) is 0. The number of nitrogens with one attached hydrogen (secondary N) is 2. The van der Waals surface area contributed by atoms with E-state index in [2.05, 4.69) is 22.1 Å². The van der Waals surface area contributed by atoms with Crippen LogP contribution in [0.4, 0.5) is 0 Å². The van der Waals surface area contributed by atoms with E-state index in [1.807, 2.05) is 86.8 Å². The van der Waals surface area contributed by atoms with Crippen LogP contribution < -0.4 is 10.1 Å². The van der Waals surface area contributed by atoms with Crippen LogP contribution in [0.2, 0.25) is 0 Å². The van der Waals surface area contributed by atoms with Gasteiger partial charge in [0.15, 0.2) is 0 Å². The van der Waals surface area contributed by atoms with Crippen LogP contribution in [0.5, 0.6) is 11.5 Å². The first-order valence-electron chi connectivity index (χ1n) is 13.6. The maximum absolute atomic E-state index is 13.5. The maximum Gasteiger partial charge on any atom is 0.255 e. The third-order valence-electron chi connectivity index (χ3n) is 6.73. The zero-order chi connectivity index (χ0) is 28.8. The van der Waals surface area contributed by atoms with Gasteiger partial charge in [0.2, 0.25) is 0 Å². The number of hydrogen-bond donors (Lipinski definition) is 4. The molecular weight excluding hydrogens is 512 g/mol. The van der Waals surface area contributed by atoms with Gasteiger partial charge in [-0.15, -0.1) is 0 Å². The summed E-state index contributed by atoms with van der Waals surface area (Å²) >= 11 is 0. The standard InChI is InChI=1S/C35H32N2O4/c1-23(2)41-34-17-13-24(12-14-27-19-26(15-16-33(27)39)25-8-4-3-5-9-25)18-31(34)35(40)37-29(22-38)20-28-21-36-32-11-7-6-10-30(28)32/h3-11,13,15-19,21,23,29,36,38-39H,20,22H2,1-2H3,(H,37,40)/t29-/m1/s1. The van der Waals surface area contributed by atoms with Gasteiger partial charge in [-0.25, -0.2) is 0 Å². The average molecular weight is 545 g/mol. The van der Waals surface area contributed by atoms with Crippen molar-refractivity contribution >= 4 is 16.8 Å². The Balaban J connectivity index is 1.41. The number of phenolic OH excluding ortho intramolecular Hbond substituents is 1. The number of aromatic hydroxyl groups is 1. The number of fused-ring (bicyclic) bond motifs is 1. The second-order valence-corrected chi connectivity index (χ2v) is 10.1. The van der Waals surface area contributed by atoms with Gasteiger partial charge >= 0.3 is 0 Å². The number of ether oxygens (including phenoxy) is 1. The van der Waals surface area contributed by atoms with E-state index in [1.165, 1.54) is 0 Å². The molecule has 1 heterocycles. The zero-order valence-corrected chi connectivity index (χ0v) is 23.0. The van der Waals surface area contributed by atoms with Gasteiger partial charge < -0.3 is 25.3 Å². The lowest BCUT2D eigenvalue weighted by Gasteiger charge is -2.19. The van der Waals surface area contributed by atoms with Crippen molar-refractivity contribution in [1.82, 2.24) is 10.3 Å². The minimum absolute atomic E-state index is 0.0815. The van der Waals surface area contributed by atoms with Crippen LogP contribution in [-0.4, -0.2) is 39.9 Å². The number of phenols is 1. The van der Waals surface area contributed by atoms with Crippen molar-refractivity contribution < 1.29 is 19.7 Å². The van der Waals surface area contributed by atoms with E-state index < -0.39 is 6.04 Å². The molecule has 0 spiro atoms. The van der Waals surface area contributed by atoms with Gasteiger partial charge in [-0.1, -0.05) is 66.4 Å². The summed E-state index contributed by atoms with van der Waals surface area (Å²) in [4.78, 5) is 16.7. The predicted molar refractivity (Wildman–Crippen MR) is 162 cm³/mol. The van der Waals surface area contributed by atoms with E-state index in [4.69, 9.17) is 4.74 Å². The highest BCUT2D eigenvalue weighted by Crippen LogP contribution is 2.26. The predicted octanol–water partition coefficient (Wildman–Crippen LogP) is 6.06. The first-order valence-corrected chi connectivity index (χ1v) is 13.6. The molecule has 0 fully saturated rings. The fourth-order valence-electron chi connectivity index (χ4n) is 4.72. The summed E-state index contributed by atoms with van der Waals surface area (Å²) in [6.45, 7) is 3.57. The topological polar surface area (TPSA) is 94.6 Å². The van der Waals surface area contributed by atoms with Gasteiger partial charge in [-0.05, 0) is 73.4 Å². The number of carbonyl (C=O) groups excluding carboxylic acids is 1. The molecule has 0 aliphatic heterocycles. The molecule has 0 saturated carbocycles. The third-order valence-corrected chi connectivity index (χ3v) is 6.73. The Morgan fingerprint density at radius 2 is 1.71 bits per heavy atom. The molecule has 5 aromatic rings. The van der Waals surface area contributed by atoms with Gasteiger partial charge in [0.05, 0.1) is 29.9 Å². The van der Waals surface area contributed by atoms with Crippen LogP contribution in [0.3, 0.4) is 0 Å². The fourth-order valence-corrected chi connectivity index (χ4v) is 4.72. The molecule has 0 aliphatic rings. The van der Waals surface area contributed by atoms with Crippen molar-refractivity contribution in [3.63, 3.8) is 0 Å². The number of amides is 1. The molecule has 6 heteroatoms. The van der Waals surface area contributed by atoms with Crippen molar-refractivity contribution in [3.05, 3.63) is 119 Å². The molecule has 0 bridgehead atoms. The molecule has 0 radical (unpaired) electrons. The van der Waals surface area contributed by atoms with Crippen LogP contribution >= 0.6 is 0 Å². The molecule has 1 atom stereocenters. The van der Waals surface area contributed by atoms with Gasteiger partial charge in [-0.3, -0.25) is 4.79 Å². The maximum atomic E-state index is 13.5. The number of carbonyl (C=O) groups is 1. The fraction of sp³-hybridized carbons (Fsp3) is 0.171. The summed E-state index contributed by atoms with van der Waals surface area (Å²) in [5.41, 5.74) is 5.38. The SMILES string of the molecule is CC(C)Oc1ccc(C#Cc2cc(-c3ccccc3)ccc2O)cc1C(=O)N[C@@H](CO)Cc1c[nH]c2ccccc12. The van der Waals surface area contributed by atoms with E-state index in [-0.39, 0.29) is 24.4 Å². The molecule has 4 N–H and O–H groups in total. The molecule has 0 saturated heterocycles. The van der Waals surface area contributed by atoms with Gasteiger partial charge in [-0.2, -0.15) is 0 Å². The van der Waals surface area contributed by atoms with Crippen LogP contribution in [0, 0.1) is 11.8 Å². The van der Waals surface area contributed by atoms with Crippen LogP contribution in [-0.2, 0) is 6.42 Å². The van der Waals surface area contributed by atoms with Crippen molar-refractivity contribution in [1.29, 1.82) is 0 Å². The molecule has 5 rings (SSSR count). The zero-order valence-electron chi connectivity index (χ0n) is 23.0. The number of aromatic nitrogens is 1. The lowest BCUT2D eigenvalue weighted by molar-refractivity contribution is 0.0910. The van der Waals surface area contributed by atoms with Crippen LogP contribution in [0.1, 0.15) is 40.9 Å². The van der Waals surface area contributed by atoms with Gasteiger partial charge in [0, 0.05) is 22.7 Å². The third kappa shape index (κ3) is 6.60. The quantitative estimate of drug-likeness (QED) is 0.179. The van der Waals surface area contributed by atoms with E-state index in [0.717, 1.165) is 27.6 Å². The number of benzene rings is 4. The highest BCUT2D eigenvalue weighted by molar-refractivity contribution is 5.97. The van der Waals surface area contributed by atoms with E-state index in [1.54, 1.807) is 24.3 Å². The minimum Gasteiger partial charge on any atom is -0.507 e. The second kappa shape index (κ2) is 12.5. The minimum atomic E-state index is -0.499. The van der Waals surface area contributed by atoms with E-state index in [9.17, 15) is 15.0 Å². The number of aliphatic hydroxyl groups is 1. The largest absolute Gasteiger partial charge is 0.507 e. The van der Waals surface area contributed by atoms with Crippen LogP contribution in [0.15, 0.2) is 97.2 Å². The average Bonchev–Trinajstić information content (AvgIpc) is 3.39. The molecule has 0 unspecified atom stereocenters. The number of rotatable bonds is 8. The summed E-state index contributed by atoms with van der Waals surface area (Å²) in [5.74, 6) is 6.28. The van der Waals surface area contributed by atoms with Crippen molar-refractivity contribution in [2.24, 2.45) is 0 Å². The van der Waals surface area contributed by atoms with E-state index >= 15 is 0 Å². The van der Waals surface area contributed by atoms with Crippen LogP contribution in [0.25, 0.3) is 22.0 Å². The molecule has 1 amide bonds. The highest BCUT2D eigenvalue weighted by Gasteiger charge is 2.20. The molecule has 6 nitrogen and oxygen atoms in total. The lowest BCUT2D eigenvalue weighted by atomic mass is 10.0. The summed E-state index contributed by atoms with van der Waals surface area (Å²) in [6, 6.07) is 27.8. The summed E-state index contributed by atoms with van der Waals surface area (Å²) < 4.78 is 5.93. The molecule has 0 aliphatic carbocycles. The Bertz CT molecular complexity index is 1730. The molecule has 41 heavy (non-hydrogen) atoms. The van der Waals surface area contributed by atoms with Crippen molar-refractivity contribution in [3.8, 4) is 34.5 Å². The number of para-hydroxylation sites is 1. The molecular formula is C35H32N2O4. The Kier molecular flexibility index (Phi) is 8.38. The summed E-state index contributed by atoms with van der Waals surface area (Å²) in [6.07, 6.45) is 2.23. The smallest absolute Gasteiger partial charge is 0.255 e. The Hall–Kier alpha value is -4.99. The Morgan fingerprint density at radius 3 is 2.49 bits per heavy atom. The van der Waals surface area contributed by atoms with Gasteiger partial charge in [0.1, 0.15) is 11.5 Å². The highest BCUT2D eigenvalue weighted by atomic mass is 16.5. The number of hydrogen-bond acceptors (Lipinski definition) is 4. The van der Waals surface area contributed by atoms with Gasteiger partial charge in [0.25, 0.3) is 5.91 Å². The molecule has 1 aromatic heterocycles. The van der Waals surface area contributed by atoms with Crippen molar-refractivity contribution in [2.45, 2.75) is 32.4 Å². The second-order valence-electron chi connectivity index (χ2n) is 10.1. The normalized spacial score (nSPS) is 11.6. The lowest BCUT2D eigenvalue weighted by Crippen LogP contribution is -2.39. The first kappa shape index (κ1) is 27.6. The first-order chi connectivity index (χ1) is 19.9. The monoisotopic (exact) mass is 544 g/mol. The van der Waals surface area contributed by atoms with Crippen molar-refractivity contribution in [2.75, 3.05) is 6.61 Å². The molecule has 206 valence electrons. The number of aromatic amines is 1. The molecule has 4 aromatic carbocycles. The Labute approximate surface area is 239 Å². The number of H-pyrrole nitrogens is 1. The Morgan fingerprint density at radius 1 is 0.927 bits per heavy atom. The van der Waals surface area contributed by atoms with E-state index in [0.29, 0.717) is 28.9 Å². The number of aliphatic hydroxyl groups excluding tert-OH is 1.